The van der Waals surface area contributed by atoms with Gasteiger partial charge in [-0.15, -0.1) is 0 Å². The summed E-state index contributed by atoms with van der Waals surface area (Å²) < 4.78 is 9.03. The molecule has 0 saturated heterocycles. The fourth-order valence-corrected chi connectivity index (χ4v) is 1.71. The molecule has 0 fully saturated rings. The minimum atomic E-state index is -0.875. The van der Waals surface area contributed by atoms with E-state index in [4.69, 9.17) is 0 Å². The third kappa shape index (κ3) is 2.54. The molecule has 1 rings (SSSR count). The zero-order valence-corrected chi connectivity index (χ0v) is 11.0. The maximum absolute atomic E-state index is 11.7. The fraction of sp³-hybridized carbons (Fsp3) is 0.333. The van der Waals surface area contributed by atoms with E-state index in [0.717, 1.165) is 14.2 Å². The first-order valence-electron chi connectivity index (χ1n) is 5.30. The number of aryl methyl sites for hydroxylation is 1. The van der Waals surface area contributed by atoms with Crippen LogP contribution in [0.3, 0.4) is 0 Å². The lowest BCUT2D eigenvalue weighted by Crippen LogP contribution is -2.14. The van der Waals surface area contributed by atoms with Crippen LogP contribution < -0.4 is 0 Å². The predicted octanol–water partition coefficient (Wildman–Crippen LogP) is 1.78. The largest absolute Gasteiger partial charge is 0.465 e. The van der Waals surface area contributed by atoms with E-state index in [1.165, 1.54) is 6.07 Å². The molecule has 1 aromatic carbocycles. The first kappa shape index (κ1) is 14.6. The van der Waals surface area contributed by atoms with Crippen LogP contribution >= 0.6 is 0 Å². The van der Waals surface area contributed by atoms with Crippen molar-refractivity contribution in [3.8, 4) is 0 Å². The van der Waals surface area contributed by atoms with Crippen LogP contribution in [-0.4, -0.2) is 31.1 Å². The Balaban J connectivity index is 3.77. The molecule has 102 valence electrons. The number of nitro benzene ring substituents is 1. The molecule has 0 N–H and O–H groups in total. The normalized spacial score (nSPS) is 9.89. The summed E-state index contributed by atoms with van der Waals surface area (Å²) in [5.74, 6) is -1.74. The van der Waals surface area contributed by atoms with Crippen molar-refractivity contribution in [1.82, 2.24) is 0 Å². The molecule has 1 aromatic rings. The van der Waals surface area contributed by atoms with E-state index in [0.29, 0.717) is 11.1 Å². The Bertz CT molecular complexity index is 564. The topological polar surface area (TPSA) is 95.7 Å². The minimum absolute atomic E-state index is 0.229. The van der Waals surface area contributed by atoms with Gasteiger partial charge in [-0.25, -0.2) is 9.59 Å². The molecule has 0 heterocycles. The summed E-state index contributed by atoms with van der Waals surface area (Å²) in [6.45, 7) is 3.19. The van der Waals surface area contributed by atoms with Crippen molar-refractivity contribution in [2.45, 2.75) is 13.8 Å². The van der Waals surface area contributed by atoms with Crippen molar-refractivity contribution >= 4 is 17.6 Å². The van der Waals surface area contributed by atoms with Gasteiger partial charge in [0.1, 0.15) is 11.1 Å². The molecule has 0 spiro atoms. The molecule has 0 aliphatic heterocycles. The average Bonchev–Trinajstić information content (AvgIpc) is 2.38. The molecule has 0 unspecified atom stereocenters. The van der Waals surface area contributed by atoms with Gasteiger partial charge in [0.05, 0.1) is 19.1 Å². The number of hydrogen-bond acceptors (Lipinski definition) is 6. The Labute approximate surface area is 109 Å². The summed E-state index contributed by atoms with van der Waals surface area (Å²) in [5, 5.41) is 11.1. The van der Waals surface area contributed by atoms with Crippen molar-refractivity contribution in [3.63, 3.8) is 0 Å². The number of ether oxygens (including phenoxy) is 2. The van der Waals surface area contributed by atoms with Crippen LogP contribution in [0, 0.1) is 24.0 Å². The third-order valence-electron chi connectivity index (χ3n) is 2.80. The number of nitro groups is 1. The molecule has 0 aliphatic rings. The Morgan fingerprint density at radius 1 is 1.16 bits per heavy atom. The van der Waals surface area contributed by atoms with Crippen molar-refractivity contribution in [1.29, 1.82) is 0 Å². The van der Waals surface area contributed by atoms with Crippen LogP contribution in [-0.2, 0) is 9.47 Å². The SMILES string of the molecule is COC(=O)c1cc(C)c(C)c(C(=O)OC)c1[N+](=O)[O-]. The van der Waals surface area contributed by atoms with E-state index in [1.54, 1.807) is 13.8 Å². The summed E-state index contributed by atoms with van der Waals surface area (Å²) in [7, 11) is 2.23. The summed E-state index contributed by atoms with van der Waals surface area (Å²) in [4.78, 5) is 33.6. The zero-order valence-electron chi connectivity index (χ0n) is 11.0. The smallest absolute Gasteiger partial charge is 0.345 e. The molecule has 19 heavy (non-hydrogen) atoms. The molecule has 0 atom stereocenters. The van der Waals surface area contributed by atoms with Crippen molar-refractivity contribution in [3.05, 3.63) is 38.4 Å². The van der Waals surface area contributed by atoms with E-state index < -0.39 is 22.5 Å². The lowest BCUT2D eigenvalue weighted by molar-refractivity contribution is -0.385. The summed E-state index contributed by atoms with van der Waals surface area (Å²) >= 11 is 0. The molecule has 0 aromatic heterocycles. The van der Waals surface area contributed by atoms with Gasteiger partial charge in [0.15, 0.2) is 0 Å². The monoisotopic (exact) mass is 267 g/mol. The number of nitrogens with zero attached hydrogens (tertiary/aromatic N) is 1. The predicted molar refractivity (Wildman–Crippen MR) is 65.2 cm³/mol. The number of benzene rings is 1. The molecule has 0 amide bonds. The first-order chi connectivity index (χ1) is 8.84. The molecule has 0 saturated carbocycles. The van der Waals surface area contributed by atoms with Gasteiger partial charge in [-0.3, -0.25) is 10.1 Å². The number of carbonyl (C=O) groups is 2. The van der Waals surface area contributed by atoms with E-state index in [1.807, 2.05) is 0 Å². The number of rotatable bonds is 3. The number of carbonyl (C=O) groups excluding carboxylic acids is 2. The maximum Gasteiger partial charge on any atom is 0.345 e. The lowest BCUT2D eigenvalue weighted by Gasteiger charge is -2.11. The molecular formula is C12H13NO6. The van der Waals surface area contributed by atoms with Crippen LogP contribution in [0.15, 0.2) is 6.07 Å². The van der Waals surface area contributed by atoms with Gasteiger partial charge in [-0.1, -0.05) is 0 Å². The molecule has 0 radical (unpaired) electrons. The standard InChI is InChI=1S/C12H13NO6/c1-6-5-8(11(14)18-3)10(13(16)17)9(7(6)2)12(15)19-4/h5H,1-4H3. The Morgan fingerprint density at radius 2 is 1.68 bits per heavy atom. The molecule has 0 aliphatic carbocycles. The number of esters is 2. The molecule has 7 heteroatoms. The second-order valence-corrected chi connectivity index (χ2v) is 3.83. The molecule has 0 bridgehead atoms. The summed E-state index contributed by atoms with van der Waals surface area (Å²) in [5.41, 5.74) is -0.136. The minimum Gasteiger partial charge on any atom is -0.465 e. The number of hydrogen-bond donors (Lipinski definition) is 0. The molecular weight excluding hydrogens is 254 g/mol. The quantitative estimate of drug-likeness (QED) is 0.470. The highest BCUT2D eigenvalue weighted by molar-refractivity contribution is 6.03. The van der Waals surface area contributed by atoms with E-state index in [9.17, 15) is 19.7 Å². The summed E-state index contributed by atoms with van der Waals surface area (Å²) in [6.07, 6.45) is 0. The van der Waals surface area contributed by atoms with Gasteiger partial charge in [-0.2, -0.15) is 0 Å². The second-order valence-electron chi connectivity index (χ2n) is 3.83. The highest BCUT2D eigenvalue weighted by Crippen LogP contribution is 2.30. The lowest BCUT2D eigenvalue weighted by atomic mass is 9.97. The van der Waals surface area contributed by atoms with Crippen molar-refractivity contribution < 1.29 is 24.0 Å². The summed E-state index contributed by atoms with van der Waals surface area (Å²) in [6, 6.07) is 1.33. The van der Waals surface area contributed by atoms with Crippen molar-refractivity contribution in [2.75, 3.05) is 14.2 Å². The molecule has 7 nitrogen and oxygen atoms in total. The average molecular weight is 267 g/mol. The van der Waals surface area contributed by atoms with E-state index in [-0.39, 0.29) is 11.1 Å². The first-order valence-corrected chi connectivity index (χ1v) is 5.30. The Kier molecular flexibility index (Phi) is 4.21. The second kappa shape index (κ2) is 5.47. The highest BCUT2D eigenvalue weighted by atomic mass is 16.6. The number of methoxy groups -OCH3 is 2. The van der Waals surface area contributed by atoms with Crippen LogP contribution in [0.4, 0.5) is 5.69 Å². The van der Waals surface area contributed by atoms with Gasteiger partial charge < -0.3 is 9.47 Å². The van der Waals surface area contributed by atoms with Gasteiger partial charge in [0, 0.05) is 0 Å². The van der Waals surface area contributed by atoms with Gasteiger partial charge in [0.2, 0.25) is 0 Å². The maximum atomic E-state index is 11.7. The van der Waals surface area contributed by atoms with Crippen LogP contribution in [0.2, 0.25) is 0 Å². The van der Waals surface area contributed by atoms with Gasteiger partial charge in [0.25, 0.3) is 5.69 Å². The van der Waals surface area contributed by atoms with Gasteiger partial charge in [-0.05, 0) is 31.0 Å². The zero-order chi connectivity index (χ0) is 14.7. The van der Waals surface area contributed by atoms with Crippen LogP contribution in [0.25, 0.3) is 0 Å². The van der Waals surface area contributed by atoms with Crippen LogP contribution in [0.1, 0.15) is 31.8 Å². The van der Waals surface area contributed by atoms with Gasteiger partial charge >= 0.3 is 11.9 Å². The fourth-order valence-electron chi connectivity index (χ4n) is 1.71. The third-order valence-corrected chi connectivity index (χ3v) is 2.80. The highest BCUT2D eigenvalue weighted by Gasteiger charge is 2.32. The Hall–Kier alpha value is -2.44. The van der Waals surface area contributed by atoms with E-state index in [2.05, 4.69) is 9.47 Å². The van der Waals surface area contributed by atoms with Crippen LogP contribution in [0.5, 0.6) is 0 Å². The Morgan fingerprint density at radius 3 is 2.11 bits per heavy atom. The van der Waals surface area contributed by atoms with Crippen molar-refractivity contribution in [2.24, 2.45) is 0 Å². The van der Waals surface area contributed by atoms with E-state index >= 15 is 0 Å².